The molecular weight excluding hydrogens is 330 g/mol. The monoisotopic (exact) mass is 350 g/mol. The van der Waals surface area contributed by atoms with E-state index < -0.39 is 17.2 Å². The highest BCUT2D eigenvalue weighted by atomic mass is 19.1. The molecule has 2 atom stereocenters. The molecule has 26 heavy (non-hydrogen) atoms. The summed E-state index contributed by atoms with van der Waals surface area (Å²) in [4.78, 5) is 2.51. The highest BCUT2D eigenvalue weighted by Crippen LogP contribution is 2.38. The Bertz CT molecular complexity index is 860. The van der Waals surface area contributed by atoms with Crippen molar-refractivity contribution in [3.8, 4) is 6.07 Å². The summed E-state index contributed by atoms with van der Waals surface area (Å²) in [6.45, 7) is 0.899. The normalized spacial score (nSPS) is 22.6. The molecular formula is C22H20F2N2. The van der Waals surface area contributed by atoms with Gasteiger partial charge in [-0.15, -0.1) is 0 Å². The van der Waals surface area contributed by atoms with Crippen LogP contribution >= 0.6 is 0 Å². The summed E-state index contributed by atoms with van der Waals surface area (Å²) in [5.74, 6) is -1.56. The van der Waals surface area contributed by atoms with E-state index in [0.717, 1.165) is 31.4 Å². The molecule has 0 aliphatic carbocycles. The zero-order chi connectivity index (χ0) is 18.1. The van der Waals surface area contributed by atoms with Crippen molar-refractivity contribution in [1.82, 2.24) is 4.90 Å². The van der Waals surface area contributed by atoms with E-state index in [0.29, 0.717) is 17.6 Å². The zero-order valence-electron chi connectivity index (χ0n) is 14.5. The molecule has 0 amide bonds. The highest BCUT2D eigenvalue weighted by Gasteiger charge is 2.34. The van der Waals surface area contributed by atoms with Crippen molar-refractivity contribution in [1.29, 1.82) is 5.26 Å². The van der Waals surface area contributed by atoms with Crippen LogP contribution in [0.2, 0.25) is 0 Å². The van der Waals surface area contributed by atoms with Gasteiger partial charge in [0.15, 0.2) is 0 Å². The number of nitrogens with zero attached hydrogens (tertiary/aromatic N) is 2. The first kappa shape index (κ1) is 16.9. The molecule has 2 aromatic rings. The second-order valence-electron chi connectivity index (χ2n) is 7.13. The van der Waals surface area contributed by atoms with Crippen LogP contribution in [0.25, 0.3) is 5.57 Å². The van der Waals surface area contributed by atoms with Gasteiger partial charge in [-0.1, -0.05) is 42.8 Å². The van der Waals surface area contributed by atoms with Gasteiger partial charge in [0.05, 0.1) is 0 Å². The number of rotatable bonds is 3. The average Bonchev–Trinajstić information content (AvgIpc) is 2.62. The first-order valence-corrected chi connectivity index (χ1v) is 9.05. The van der Waals surface area contributed by atoms with Gasteiger partial charge in [-0.05, 0) is 48.1 Å². The number of piperidine rings is 1. The molecule has 2 aromatic carbocycles. The van der Waals surface area contributed by atoms with E-state index in [9.17, 15) is 8.78 Å². The third-order valence-electron chi connectivity index (χ3n) is 5.51. The average molecular weight is 350 g/mol. The third-order valence-corrected chi connectivity index (χ3v) is 5.51. The number of hydrogen-bond donors (Lipinski definition) is 0. The van der Waals surface area contributed by atoms with E-state index in [-0.39, 0.29) is 0 Å². The Balaban J connectivity index is 1.64. The van der Waals surface area contributed by atoms with E-state index in [1.807, 2.05) is 6.07 Å². The van der Waals surface area contributed by atoms with Gasteiger partial charge in [0.2, 0.25) is 0 Å². The summed E-state index contributed by atoms with van der Waals surface area (Å²) >= 11 is 0. The van der Waals surface area contributed by atoms with Gasteiger partial charge in [-0.25, -0.2) is 8.78 Å². The third kappa shape index (κ3) is 3.15. The molecule has 2 aliphatic rings. The van der Waals surface area contributed by atoms with Crippen molar-refractivity contribution in [3.05, 3.63) is 76.9 Å². The van der Waals surface area contributed by atoms with Crippen LogP contribution in [-0.4, -0.2) is 17.0 Å². The fourth-order valence-electron chi connectivity index (χ4n) is 4.24. The summed E-state index contributed by atoms with van der Waals surface area (Å²) in [6, 6.07) is 15.3. The Labute approximate surface area is 152 Å². The number of nitriles is 1. The molecule has 0 spiro atoms. The number of benzene rings is 2. The Kier molecular flexibility index (Phi) is 4.57. The highest BCUT2D eigenvalue weighted by molar-refractivity contribution is 5.68. The molecule has 0 N–H and O–H groups in total. The van der Waals surface area contributed by atoms with E-state index in [4.69, 9.17) is 5.26 Å². The van der Waals surface area contributed by atoms with Gasteiger partial charge < -0.3 is 0 Å². The number of hydrogen-bond acceptors (Lipinski definition) is 2. The lowest BCUT2D eigenvalue weighted by Gasteiger charge is -2.45. The molecule has 0 aromatic heterocycles. The van der Waals surface area contributed by atoms with Crippen molar-refractivity contribution >= 4 is 5.57 Å². The lowest BCUT2D eigenvalue weighted by molar-refractivity contribution is 0.0951. The number of fused-ring (bicyclic) bond motifs is 2. The Hall–Kier alpha value is -2.51. The lowest BCUT2D eigenvalue weighted by atomic mass is 9.82. The van der Waals surface area contributed by atoms with Crippen LogP contribution in [0.3, 0.4) is 0 Å². The van der Waals surface area contributed by atoms with Crippen LogP contribution in [0, 0.1) is 23.0 Å². The second-order valence-corrected chi connectivity index (χ2v) is 7.13. The Morgan fingerprint density at radius 2 is 1.81 bits per heavy atom. The molecule has 4 heteroatoms. The van der Waals surface area contributed by atoms with Gasteiger partial charge >= 0.3 is 0 Å². The standard InChI is InChI=1S/C22H20F2N2/c23-21-11-17(12-22(24)20(21)13-25)16-9-18-7-4-8-19(10-16)26(18)14-15-5-2-1-3-6-15/h1-3,5-6,9,11-12,18-19H,4,7-8,10,14H2. The first-order chi connectivity index (χ1) is 12.7. The Morgan fingerprint density at radius 3 is 2.46 bits per heavy atom. The van der Waals surface area contributed by atoms with Crippen LogP contribution in [0.15, 0.2) is 48.5 Å². The van der Waals surface area contributed by atoms with E-state index >= 15 is 0 Å². The second kappa shape index (κ2) is 7.01. The van der Waals surface area contributed by atoms with E-state index in [1.165, 1.54) is 24.1 Å². The van der Waals surface area contributed by atoms with E-state index in [1.54, 1.807) is 6.07 Å². The molecule has 1 saturated heterocycles. The molecule has 2 unspecified atom stereocenters. The summed E-state index contributed by atoms with van der Waals surface area (Å²) in [7, 11) is 0. The predicted molar refractivity (Wildman–Crippen MR) is 97.1 cm³/mol. The van der Waals surface area contributed by atoms with Crippen molar-refractivity contribution in [2.75, 3.05) is 0 Å². The van der Waals surface area contributed by atoms with Gasteiger partial charge in [-0.3, -0.25) is 4.90 Å². The largest absolute Gasteiger partial charge is 0.289 e. The van der Waals surface area contributed by atoms with Gasteiger partial charge in [0.1, 0.15) is 23.3 Å². The van der Waals surface area contributed by atoms with Crippen LogP contribution in [0.1, 0.15) is 42.4 Å². The van der Waals surface area contributed by atoms with Crippen LogP contribution < -0.4 is 0 Å². The van der Waals surface area contributed by atoms with Gasteiger partial charge in [0, 0.05) is 18.6 Å². The lowest BCUT2D eigenvalue weighted by Crippen LogP contribution is -2.47. The van der Waals surface area contributed by atoms with Crippen molar-refractivity contribution in [2.24, 2.45) is 0 Å². The quantitative estimate of drug-likeness (QED) is 0.775. The summed E-state index contributed by atoms with van der Waals surface area (Å²) in [6.07, 6.45) is 6.30. The molecule has 2 aliphatic heterocycles. The fraction of sp³-hybridized carbons (Fsp3) is 0.318. The molecule has 1 fully saturated rings. The molecule has 0 radical (unpaired) electrons. The minimum Gasteiger partial charge on any atom is -0.289 e. The minimum absolute atomic E-state index is 0.291. The zero-order valence-corrected chi connectivity index (χ0v) is 14.5. The maximum atomic E-state index is 14.0. The van der Waals surface area contributed by atoms with Crippen molar-refractivity contribution in [2.45, 2.75) is 44.3 Å². The summed E-state index contributed by atoms with van der Waals surface area (Å²) in [5.41, 5.74) is 2.34. The van der Waals surface area contributed by atoms with Gasteiger partial charge in [0.25, 0.3) is 0 Å². The summed E-state index contributed by atoms with van der Waals surface area (Å²) < 4.78 is 28.0. The molecule has 0 saturated carbocycles. The maximum Gasteiger partial charge on any atom is 0.144 e. The smallest absolute Gasteiger partial charge is 0.144 e. The SMILES string of the molecule is N#Cc1c(F)cc(C2=CC3CCCC(C2)N3Cc2ccccc2)cc1F. The van der Waals surface area contributed by atoms with Crippen LogP contribution in [0.5, 0.6) is 0 Å². The topological polar surface area (TPSA) is 27.0 Å². The van der Waals surface area contributed by atoms with E-state index in [2.05, 4.69) is 35.2 Å². The molecule has 132 valence electrons. The molecule has 4 rings (SSSR count). The Morgan fingerprint density at radius 1 is 1.08 bits per heavy atom. The maximum absolute atomic E-state index is 14.0. The van der Waals surface area contributed by atoms with Crippen molar-refractivity contribution < 1.29 is 8.78 Å². The fourth-order valence-corrected chi connectivity index (χ4v) is 4.24. The first-order valence-electron chi connectivity index (χ1n) is 9.05. The number of halogens is 2. The van der Waals surface area contributed by atoms with Crippen LogP contribution in [0.4, 0.5) is 8.78 Å². The minimum atomic E-state index is -0.778. The van der Waals surface area contributed by atoms with Crippen molar-refractivity contribution in [3.63, 3.8) is 0 Å². The van der Waals surface area contributed by atoms with Gasteiger partial charge in [-0.2, -0.15) is 5.26 Å². The molecule has 2 bridgehead atoms. The van der Waals surface area contributed by atoms with Crippen LogP contribution in [-0.2, 0) is 6.54 Å². The summed E-state index contributed by atoms with van der Waals surface area (Å²) in [5, 5.41) is 8.86. The molecule has 2 heterocycles. The molecule has 2 nitrogen and oxygen atoms in total. The predicted octanol–water partition coefficient (Wildman–Crippen LogP) is 5.05.